The first-order chi connectivity index (χ1) is 7.91. The van der Waals surface area contributed by atoms with Gasteiger partial charge in [0.05, 0.1) is 11.8 Å². The van der Waals surface area contributed by atoms with Gasteiger partial charge in [-0.3, -0.25) is 5.32 Å². The topological polar surface area (TPSA) is 95.9 Å². The lowest BCUT2D eigenvalue weighted by molar-refractivity contribution is 0.0695. The minimum Gasteiger partial charge on any atom is -0.507 e. The number of nitrogens with one attached hydrogen (secondary N) is 1. The molecule has 0 fully saturated rings. The summed E-state index contributed by atoms with van der Waals surface area (Å²) >= 11 is 0. The monoisotopic (exact) mass is 239 g/mol. The molecular formula is C11H13NO5. The summed E-state index contributed by atoms with van der Waals surface area (Å²) in [6, 6.07) is 4.01. The first kappa shape index (κ1) is 12.8. The average Bonchev–Trinajstić information content (AvgIpc) is 2.15. The summed E-state index contributed by atoms with van der Waals surface area (Å²) in [7, 11) is 0. The van der Waals surface area contributed by atoms with Gasteiger partial charge in [0.15, 0.2) is 0 Å². The van der Waals surface area contributed by atoms with Crippen LogP contribution < -0.4 is 5.32 Å². The largest absolute Gasteiger partial charge is 0.507 e. The van der Waals surface area contributed by atoms with E-state index in [4.69, 9.17) is 9.84 Å². The second-order valence-electron chi connectivity index (χ2n) is 3.58. The van der Waals surface area contributed by atoms with Crippen molar-refractivity contribution in [2.75, 3.05) is 5.32 Å². The van der Waals surface area contributed by atoms with Gasteiger partial charge in [0, 0.05) is 0 Å². The second kappa shape index (κ2) is 5.20. The smallest absolute Gasteiger partial charge is 0.411 e. The predicted molar refractivity (Wildman–Crippen MR) is 60.3 cm³/mol. The van der Waals surface area contributed by atoms with Crippen LogP contribution in [0.1, 0.15) is 24.2 Å². The fourth-order valence-corrected chi connectivity index (χ4v) is 1.22. The molecule has 0 saturated heterocycles. The summed E-state index contributed by atoms with van der Waals surface area (Å²) in [6.07, 6.45) is -1.09. The Labute approximate surface area is 97.8 Å². The molecule has 1 aromatic carbocycles. The number of amides is 1. The number of hydrogen-bond acceptors (Lipinski definition) is 4. The summed E-state index contributed by atoms with van der Waals surface area (Å²) in [5.41, 5.74) is -0.378. The van der Waals surface area contributed by atoms with Gasteiger partial charge >= 0.3 is 12.1 Å². The molecule has 0 unspecified atom stereocenters. The third-order valence-corrected chi connectivity index (χ3v) is 1.84. The van der Waals surface area contributed by atoms with Crippen LogP contribution in [0.3, 0.4) is 0 Å². The van der Waals surface area contributed by atoms with E-state index in [1.165, 1.54) is 18.2 Å². The number of aromatic hydroxyl groups is 1. The van der Waals surface area contributed by atoms with E-state index >= 15 is 0 Å². The van der Waals surface area contributed by atoms with Gasteiger partial charge < -0.3 is 14.9 Å². The molecule has 0 aliphatic carbocycles. The highest BCUT2D eigenvalue weighted by Crippen LogP contribution is 2.25. The fraction of sp³-hybridized carbons (Fsp3) is 0.273. The lowest BCUT2D eigenvalue weighted by atomic mass is 10.1. The van der Waals surface area contributed by atoms with Gasteiger partial charge in [-0.05, 0) is 26.0 Å². The Morgan fingerprint density at radius 3 is 2.53 bits per heavy atom. The van der Waals surface area contributed by atoms with Crippen LogP contribution in [-0.4, -0.2) is 28.4 Å². The highest BCUT2D eigenvalue weighted by Gasteiger charge is 2.17. The van der Waals surface area contributed by atoms with Crippen LogP contribution in [0.25, 0.3) is 0 Å². The molecule has 6 nitrogen and oxygen atoms in total. The molecule has 1 aromatic rings. The summed E-state index contributed by atoms with van der Waals surface area (Å²) in [5, 5.41) is 20.5. The number of phenols is 1. The van der Waals surface area contributed by atoms with Crippen molar-refractivity contribution in [1.82, 2.24) is 0 Å². The van der Waals surface area contributed by atoms with Crippen LogP contribution in [0, 0.1) is 0 Å². The Bertz CT molecular complexity index is 441. The van der Waals surface area contributed by atoms with Crippen molar-refractivity contribution >= 4 is 17.7 Å². The van der Waals surface area contributed by atoms with E-state index in [1.807, 2.05) is 0 Å². The SMILES string of the molecule is CC(C)OC(=O)Nc1cccc(O)c1C(=O)O. The Kier molecular flexibility index (Phi) is 3.92. The maximum absolute atomic E-state index is 11.3. The highest BCUT2D eigenvalue weighted by molar-refractivity contribution is 6.01. The molecule has 0 aliphatic heterocycles. The Morgan fingerprint density at radius 2 is 2.00 bits per heavy atom. The van der Waals surface area contributed by atoms with E-state index in [0.717, 1.165) is 0 Å². The highest BCUT2D eigenvalue weighted by atomic mass is 16.6. The third kappa shape index (κ3) is 3.37. The molecular weight excluding hydrogens is 226 g/mol. The molecule has 0 aromatic heterocycles. The van der Waals surface area contributed by atoms with Crippen molar-refractivity contribution < 1.29 is 24.5 Å². The Morgan fingerprint density at radius 1 is 1.35 bits per heavy atom. The number of carboxylic acids is 1. The van der Waals surface area contributed by atoms with Crippen molar-refractivity contribution in [1.29, 1.82) is 0 Å². The first-order valence-corrected chi connectivity index (χ1v) is 4.94. The van der Waals surface area contributed by atoms with Gasteiger partial charge in [-0.1, -0.05) is 6.07 Å². The number of aromatic carboxylic acids is 1. The number of ether oxygens (including phenoxy) is 1. The number of hydrogen-bond donors (Lipinski definition) is 3. The predicted octanol–water partition coefficient (Wildman–Crippen LogP) is 2.05. The van der Waals surface area contributed by atoms with Crippen molar-refractivity contribution in [2.45, 2.75) is 20.0 Å². The minimum atomic E-state index is -1.33. The minimum absolute atomic E-state index is 0.0110. The van der Waals surface area contributed by atoms with Crippen LogP contribution >= 0.6 is 0 Å². The zero-order chi connectivity index (χ0) is 13.0. The van der Waals surface area contributed by atoms with Crippen LogP contribution in [0.4, 0.5) is 10.5 Å². The quantitative estimate of drug-likeness (QED) is 0.750. The molecule has 0 aliphatic rings. The standard InChI is InChI=1S/C11H13NO5/c1-6(2)17-11(16)12-7-4-3-5-8(13)9(7)10(14)15/h3-6,13H,1-2H3,(H,12,16)(H,14,15). The molecule has 0 radical (unpaired) electrons. The van der Waals surface area contributed by atoms with Crippen LogP contribution in [0.5, 0.6) is 5.75 Å². The van der Waals surface area contributed by atoms with Crippen molar-refractivity contribution in [3.05, 3.63) is 23.8 Å². The zero-order valence-electron chi connectivity index (χ0n) is 9.43. The summed E-state index contributed by atoms with van der Waals surface area (Å²) in [6.45, 7) is 3.33. The van der Waals surface area contributed by atoms with E-state index in [-0.39, 0.29) is 17.4 Å². The maximum atomic E-state index is 11.3. The van der Waals surface area contributed by atoms with Crippen molar-refractivity contribution in [2.24, 2.45) is 0 Å². The lowest BCUT2D eigenvalue weighted by Gasteiger charge is -2.11. The molecule has 0 spiro atoms. The number of benzene rings is 1. The second-order valence-corrected chi connectivity index (χ2v) is 3.58. The fourth-order valence-electron chi connectivity index (χ4n) is 1.22. The zero-order valence-corrected chi connectivity index (χ0v) is 9.43. The number of rotatable bonds is 3. The van der Waals surface area contributed by atoms with Gasteiger partial charge in [0.25, 0.3) is 0 Å². The van der Waals surface area contributed by atoms with Crippen molar-refractivity contribution in [3.8, 4) is 5.75 Å². The summed E-state index contributed by atoms with van der Waals surface area (Å²) in [4.78, 5) is 22.2. The summed E-state index contributed by atoms with van der Waals surface area (Å²) in [5.74, 6) is -1.75. The normalized spacial score (nSPS) is 10.1. The van der Waals surface area contributed by atoms with E-state index < -0.39 is 17.8 Å². The maximum Gasteiger partial charge on any atom is 0.411 e. The number of anilines is 1. The van der Waals surface area contributed by atoms with Gasteiger partial charge in [-0.25, -0.2) is 9.59 Å². The van der Waals surface area contributed by atoms with Gasteiger partial charge in [0.2, 0.25) is 0 Å². The van der Waals surface area contributed by atoms with E-state index in [2.05, 4.69) is 5.32 Å². The van der Waals surface area contributed by atoms with Crippen molar-refractivity contribution in [3.63, 3.8) is 0 Å². The summed E-state index contributed by atoms with van der Waals surface area (Å²) < 4.78 is 4.80. The molecule has 0 saturated carbocycles. The molecule has 1 rings (SSSR count). The molecule has 0 atom stereocenters. The lowest BCUT2D eigenvalue weighted by Crippen LogP contribution is -2.19. The molecule has 6 heteroatoms. The average molecular weight is 239 g/mol. The van der Waals surface area contributed by atoms with Gasteiger partial charge in [-0.15, -0.1) is 0 Å². The van der Waals surface area contributed by atoms with Crippen LogP contribution in [-0.2, 0) is 4.74 Å². The number of carboxylic acid groups (broad SMARTS) is 1. The molecule has 1 amide bonds. The molecule has 0 heterocycles. The van der Waals surface area contributed by atoms with E-state index in [1.54, 1.807) is 13.8 Å². The molecule has 3 N–H and O–H groups in total. The van der Waals surface area contributed by atoms with Crippen LogP contribution in [0.15, 0.2) is 18.2 Å². The third-order valence-electron chi connectivity index (χ3n) is 1.84. The van der Waals surface area contributed by atoms with Crippen LogP contribution in [0.2, 0.25) is 0 Å². The van der Waals surface area contributed by atoms with Gasteiger partial charge in [0.1, 0.15) is 11.3 Å². The molecule has 17 heavy (non-hydrogen) atoms. The first-order valence-electron chi connectivity index (χ1n) is 4.94. The number of carbonyl (C=O) groups excluding carboxylic acids is 1. The molecule has 92 valence electrons. The Hall–Kier alpha value is -2.24. The van der Waals surface area contributed by atoms with E-state index in [0.29, 0.717) is 0 Å². The van der Waals surface area contributed by atoms with E-state index in [9.17, 15) is 14.7 Å². The number of carbonyl (C=O) groups is 2. The Balaban J connectivity index is 2.95. The van der Waals surface area contributed by atoms with Gasteiger partial charge in [-0.2, -0.15) is 0 Å². The molecule has 0 bridgehead atoms.